The Balaban J connectivity index is 1.79. The van der Waals surface area contributed by atoms with Crippen LogP contribution in [-0.2, 0) is 4.79 Å². The Hall–Kier alpha value is -2.93. The van der Waals surface area contributed by atoms with Crippen molar-refractivity contribution in [1.29, 1.82) is 5.41 Å². The molecule has 5 nitrogen and oxygen atoms in total. The molecular weight excluding hydrogens is 351 g/mol. The highest BCUT2D eigenvalue weighted by atomic mass is 32.2. The van der Waals surface area contributed by atoms with E-state index < -0.39 is 5.91 Å². The van der Waals surface area contributed by atoms with Crippen LogP contribution in [0.2, 0.25) is 0 Å². The van der Waals surface area contributed by atoms with Crippen LogP contribution in [0.4, 0.5) is 4.39 Å². The van der Waals surface area contributed by atoms with E-state index in [2.05, 4.69) is 4.99 Å². The molecule has 2 aliphatic rings. The highest BCUT2D eigenvalue weighted by Gasteiger charge is 2.31. The first-order chi connectivity index (χ1) is 12.5. The summed E-state index contributed by atoms with van der Waals surface area (Å²) in [5, 5.41) is 10.6. The molecule has 4 rings (SSSR count). The lowest BCUT2D eigenvalue weighted by Crippen LogP contribution is -2.35. The molecule has 0 bridgehead atoms. The predicted molar refractivity (Wildman–Crippen MR) is 102 cm³/mol. The van der Waals surface area contributed by atoms with E-state index in [4.69, 9.17) is 5.41 Å². The van der Waals surface area contributed by atoms with Crippen LogP contribution in [0, 0.1) is 25.1 Å². The largest absolute Gasteiger partial charge is 0.318 e. The van der Waals surface area contributed by atoms with E-state index in [9.17, 15) is 9.18 Å². The van der Waals surface area contributed by atoms with Crippen LogP contribution in [0.25, 0.3) is 11.8 Å². The van der Waals surface area contributed by atoms with E-state index in [1.165, 1.54) is 23.9 Å². The maximum atomic E-state index is 13.6. The number of amidine groups is 2. The number of hydrogen-bond donors (Lipinski definition) is 1. The summed E-state index contributed by atoms with van der Waals surface area (Å²) < 4.78 is 15.5. The molecule has 0 aliphatic carbocycles. The molecule has 7 heteroatoms. The maximum absolute atomic E-state index is 13.6. The molecule has 0 unspecified atom stereocenters. The quantitative estimate of drug-likeness (QED) is 0.817. The second kappa shape index (κ2) is 6.10. The van der Waals surface area contributed by atoms with Gasteiger partial charge in [-0.15, -0.1) is 0 Å². The first-order valence-corrected chi connectivity index (χ1v) is 8.85. The number of carbonyl (C=O) groups is 1. The van der Waals surface area contributed by atoms with Crippen LogP contribution in [0.1, 0.15) is 17.0 Å². The normalized spacial score (nSPS) is 17.9. The number of hydrogen-bond acceptors (Lipinski definition) is 3. The van der Waals surface area contributed by atoms with Crippen molar-refractivity contribution in [2.75, 3.05) is 0 Å². The first kappa shape index (κ1) is 16.5. The number of rotatable bonds is 2. The number of carbonyl (C=O) groups excluding carboxylic acids is 1. The van der Waals surface area contributed by atoms with Gasteiger partial charge < -0.3 is 4.57 Å². The van der Waals surface area contributed by atoms with E-state index in [1.807, 2.05) is 30.5 Å². The van der Waals surface area contributed by atoms with Crippen molar-refractivity contribution in [1.82, 2.24) is 9.47 Å². The molecule has 2 aliphatic heterocycles. The molecule has 0 fully saturated rings. The van der Waals surface area contributed by atoms with Crippen LogP contribution in [0.3, 0.4) is 0 Å². The summed E-state index contributed by atoms with van der Waals surface area (Å²) in [6, 6.07) is 8.28. The van der Waals surface area contributed by atoms with Crippen molar-refractivity contribution in [3.63, 3.8) is 0 Å². The van der Waals surface area contributed by atoms with Gasteiger partial charge in [0.15, 0.2) is 5.17 Å². The summed E-state index contributed by atoms with van der Waals surface area (Å²) in [5.74, 6) is -0.621. The van der Waals surface area contributed by atoms with Gasteiger partial charge in [0.05, 0.1) is 5.57 Å². The van der Waals surface area contributed by atoms with Crippen molar-refractivity contribution in [2.24, 2.45) is 4.99 Å². The van der Waals surface area contributed by atoms with Crippen LogP contribution in [0.15, 0.2) is 52.5 Å². The fraction of sp³-hybridized carbons (Fsp3) is 0.105. The van der Waals surface area contributed by atoms with Crippen LogP contribution in [-0.4, -0.2) is 26.4 Å². The first-order valence-electron chi connectivity index (χ1n) is 7.97. The van der Waals surface area contributed by atoms with Gasteiger partial charge >= 0.3 is 0 Å². The summed E-state index contributed by atoms with van der Waals surface area (Å²) in [5.41, 5.74) is 3.53. The average molecular weight is 366 g/mol. The Bertz CT molecular complexity index is 1050. The van der Waals surface area contributed by atoms with E-state index in [-0.39, 0.29) is 17.2 Å². The van der Waals surface area contributed by atoms with Crippen LogP contribution in [0.5, 0.6) is 0 Å². The number of aliphatic imine (C=N–C) groups is 1. The molecule has 26 heavy (non-hydrogen) atoms. The zero-order chi connectivity index (χ0) is 18.4. The monoisotopic (exact) mass is 366 g/mol. The fourth-order valence-electron chi connectivity index (χ4n) is 3.13. The molecule has 1 aromatic carbocycles. The van der Waals surface area contributed by atoms with Gasteiger partial charge in [-0.05, 0) is 55.2 Å². The number of nitrogens with zero attached hydrogens (tertiary/aromatic N) is 3. The number of benzene rings is 1. The molecule has 1 aromatic heterocycles. The Morgan fingerprint density at radius 3 is 2.85 bits per heavy atom. The number of halogens is 1. The molecule has 0 saturated heterocycles. The van der Waals surface area contributed by atoms with Crippen LogP contribution >= 0.6 is 11.8 Å². The molecule has 3 heterocycles. The number of fused-ring (bicyclic) bond motifs is 1. The smallest absolute Gasteiger partial charge is 0.283 e. The van der Waals surface area contributed by atoms with Gasteiger partial charge in [0.1, 0.15) is 11.7 Å². The zero-order valence-electron chi connectivity index (χ0n) is 14.2. The summed E-state index contributed by atoms with van der Waals surface area (Å²) in [4.78, 5) is 18.0. The summed E-state index contributed by atoms with van der Waals surface area (Å²) in [6.07, 6.45) is 3.40. The molecule has 2 aromatic rings. The van der Waals surface area contributed by atoms with E-state index in [1.54, 1.807) is 28.7 Å². The van der Waals surface area contributed by atoms with Gasteiger partial charge in [0.25, 0.3) is 5.91 Å². The lowest BCUT2D eigenvalue weighted by molar-refractivity contribution is -0.114. The minimum Gasteiger partial charge on any atom is -0.318 e. The van der Waals surface area contributed by atoms with Gasteiger partial charge in [-0.25, -0.2) is 4.39 Å². The van der Waals surface area contributed by atoms with Gasteiger partial charge in [-0.1, -0.05) is 17.8 Å². The predicted octanol–water partition coefficient (Wildman–Crippen LogP) is 4.01. The minimum atomic E-state index is -0.423. The van der Waals surface area contributed by atoms with E-state index >= 15 is 0 Å². The number of aryl methyl sites for hydroxylation is 1. The minimum absolute atomic E-state index is 0.108. The number of amides is 1. The van der Waals surface area contributed by atoms with Crippen molar-refractivity contribution in [3.05, 3.63) is 70.3 Å². The van der Waals surface area contributed by atoms with Gasteiger partial charge in [0, 0.05) is 23.3 Å². The number of aromatic nitrogens is 1. The van der Waals surface area contributed by atoms with Gasteiger partial charge in [-0.3, -0.25) is 15.1 Å². The molecule has 0 atom stereocenters. The molecule has 130 valence electrons. The average Bonchev–Trinajstić information content (AvgIpc) is 3.16. The Morgan fingerprint density at radius 2 is 2.08 bits per heavy atom. The second-order valence-corrected chi connectivity index (χ2v) is 6.89. The van der Waals surface area contributed by atoms with E-state index in [0.29, 0.717) is 10.9 Å². The third-order valence-corrected chi connectivity index (χ3v) is 5.11. The molecule has 1 amide bonds. The maximum Gasteiger partial charge on any atom is 0.283 e. The summed E-state index contributed by atoms with van der Waals surface area (Å²) in [7, 11) is 0. The molecular formula is C19H15FN4OS. The highest BCUT2D eigenvalue weighted by molar-refractivity contribution is 8.16. The Labute approximate surface area is 154 Å². The molecule has 0 radical (unpaired) electrons. The summed E-state index contributed by atoms with van der Waals surface area (Å²) >= 11 is 1.32. The van der Waals surface area contributed by atoms with Crippen molar-refractivity contribution in [2.45, 2.75) is 13.8 Å². The SMILES string of the molecule is Cc1cc(/C=C2/C(=N)N3C=CSC3=NC2=O)c(C)n1-c1cccc(F)c1. The summed E-state index contributed by atoms with van der Waals surface area (Å²) in [6.45, 7) is 3.82. The fourth-order valence-corrected chi connectivity index (χ4v) is 3.84. The number of nitrogens with one attached hydrogen (secondary N) is 1. The van der Waals surface area contributed by atoms with Crippen molar-refractivity contribution >= 4 is 34.7 Å². The topological polar surface area (TPSA) is 61.5 Å². The molecule has 1 N–H and O–H groups in total. The highest BCUT2D eigenvalue weighted by Crippen LogP contribution is 2.29. The van der Waals surface area contributed by atoms with Gasteiger partial charge in [-0.2, -0.15) is 4.99 Å². The lowest BCUT2D eigenvalue weighted by atomic mass is 10.1. The zero-order valence-corrected chi connectivity index (χ0v) is 15.0. The third kappa shape index (κ3) is 2.61. The third-order valence-electron chi connectivity index (χ3n) is 4.35. The van der Waals surface area contributed by atoms with Crippen LogP contribution < -0.4 is 0 Å². The Morgan fingerprint density at radius 1 is 1.27 bits per heavy atom. The van der Waals surface area contributed by atoms with Crippen molar-refractivity contribution < 1.29 is 9.18 Å². The molecule has 0 spiro atoms. The molecule has 0 saturated carbocycles. The lowest BCUT2D eigenvalue weighted by Gasteiger charge is -2.22. The van der Waals surface area contributed by atoms with E-state index in [0.717, 1.165) is 17.0 Å². The number of thioether (sulfide) groups is 1. The van der Waals surface area contributed by atoms with Crippen molar-refractivity contribution in [3.8, 4) is 5.69 Å². The Kier molecular flexibility index (Phi) is 3.88. The van der Waals surface area contributed by atoms with Gasteiger partial charge in [0.2, 0.25) is 0 Å². The standard InChI is InChI=1S/C19H15FN4OS/c1-11-8-13(12(2)24(11)15-5-3-4-14(20)10-15)9-16-17(21)23-6-7-26-19(23)22-18(16)25/h3-10,21H,1-2H3/b16-9-,21-17?. The second-order valence-electron chi connectivity index (χ2n) is 6.02.